The largest absolute Gasteiger partial charge is 0.469 e. The first-order valence-electron chi connectivity index (χ1n) is 6.21. The molecule has 0 atom stereocenters. The summed E-state index contributed by atoms with van der Waals surface area (Å²) < 4.78 is 6.80. The van der Waals surface area contributed by atoms with Gasteiger partial charge in [-0.1, -0.05) is 0 Å². The molecular weight excluding hydrogens is 242 g/mol. The van der Waals surface area contributed by atoms with Crippen LogP contribution in [0.3, 0.4) is 0 Å². The molecule has 5 heteroatoms. The van der Waals surface area contributed by atoms with Crippen LogP contribution in [0.1, 0.15) is 19.4 Å². The molecule has 2 aromatic rings. The van der Waals surface area contributed by atoms with Crippen LogP contribution in [0.15, 0.2) is 24.5 Å². The maximum absolute atomic E-state index is 11.8. The summed E-state index contributed by atoms with van der Waals surface area (Å²) in [5, 5.41) is 1.03. The van der Waals surface area contributed by atoms with E-state index >= 15 is 0 Å². The van der Waals surface area contributed by atoms with Crippen molar-refractivity contribution in [2.45, 2.75) is 26.9 Å². The highest BCUT2D eigenvalue weighted by Gasteiger charge is 2.30. The average Bonchev–Trinajstić information content (AvgIpc) is 2.75. The average molecular weight is 261 g/mol. The van der Waals surface area contributed by atoms with E-state index in [1.54, 1.807) is 6.20 Å². The molecule has 0 aliphatic carbocycles. The van der Waals surface area contributed by atoms with Crippen molar-refractivity contribution in [3.05, 3.63) is 30.1 Å². The Morgan fingerprint density at radius 1 is 1.53 bits per heavy atom. The molecule has 0 aliphatic heterocycles. The van der Waals surface area contributed by atoms with Crippen LogP contribution < -0.4 is 5.73 Å². The first kappa shape index (κ1) is 13.5. The number of aromatic nitrogens is 2. The Hall–Kier alpha value is -1.88. The van der Waals surface area contributed by atoms with Crippen molar-refractivity contribution in [1.82, 2.24) is 9.55 Å². The number of fused-ring (bicyclic) bond motifs is 1. The van der Waals surface area contributed by atoms with Crippen LogP contribution in [0, 0.1) is 5.41 Å². The lowest BCUT2D eigenvalue weighted by molar-refractivity contribution is -0.151. The second-order valence-corrected chi connectivity index (χ2v) is 5.24. The molecule has 0 bridgehead atoms. The summed E-state index contributed by atoms with van der Waals surface area (Å²) in [5.74, 6) is -0.237. The lowest BCUT2D eigenvalue weighted by atomic mass is 9.94. The normalized spacial score (nSPS) is 11.8. The SMILES string of the molecule is COC(=O)C(C)(C)Cn1cc(CN)c2cccnc21. The Kier molecular flexibility index (Phi) is 3.57. The van der Waals surface area contributed by atoms with Crippen LogP contribution in [0.5, 0.6) is 0 Å². The van der Waals surface area contributed by atoms with Gasteiger partial charge in [0.05, 0.1) is 12.5 Å². The van der Waals surface area contributed by atoms with E-state index in [1.165, 1.54) is 7.11 Å². The standard InChI is InChI=1S/C14H19N3O2/c1-14(2,13(18)19-3)9-17-8-10(7-15)11-5-4-6-16-12(11)17/h4-6,8H,7,9,15H2,1-3H3. The van der Waals surface area contributed by atoms with Gasteiger partial charge in [-0.2, -0.15) is 0 Å². The van der Waals surface area contributed by atoms with Gasteiger partial charge in [-0.25, -0.2) is 4.98 Å². The van der Waals surface area contributed by atoms with Gasteiger partial charge in [0.15, 0.2) is 0 Å². The Morgan fingerprint density at radius 3 is 2.89 bits per heavy atom. The summed E-state index contributed by atoms with van der Waals surface area (Å²) >= 11 is 0. The van der Waals surface area contributed by atoms with Gasteiger partial charge in [0.2, 0.25) is 0 Å². The number of hydrogen-bond acceptors (Lipinski definition) is 4. The highest BCUT2D eigenvalue weighted by atomic mass is 16.5. The Bertz CT molecular complexity index is 602. The summed E-state index contributed by atoms with van der Waals surface area (Å²) in [4.78, 5) is 16.1. The number of esters is 1. The first-order chi connectivity index (χ1) is 8.99. The third kappa shape index (κ3) is 2.46. The minimum atomic E-state index is -0.607. The fourth-order valence-electron chi connectivity index (χ4n) is 2.25. The first-order valence-corrected chi connectivity index (χ1v) is 6.21. The molecule has 0 saturated heterocycles. The van der Waals surface area contributed by atoms with Crippen LogP contribution >= 0.6 is 0 Å². The Balaban J connectivity index is 2.44. The summed E-state index contributed by atoms with van der Waals surface area (Å²) in [6.07, 6.45) is 3.70. The van der Waals surface area contributed by atoms with E-state index in [-0.39, 0.29) is 5.97 Å². The van der Waals surface area contributed by atoms with E-state index in [2.05, 4.69) is 4.98 Å². The molecule has 0 saturated carbocycles. The van der Waals surface area contributed by atoms with Crippen molar-refractivity contribution < 1.29 is 9.53 Å². The highest BCUT2D eigenvalue weighted by molar-refractivity contribution is 5.81. The summed E-state index contributed by atoms with van der Waals surface area (Å²) in [7, 11) is 1.40. The monoisotopic (exact) mass is 261 g/mol. The summed E-state index contributed by atoms with van der Waals surface area (Å²) in [6, 6.07) is 3.88. The van der Waals surface area contributed by atoms with Crippen molar-refractivity contribution >= 4 is 17.0 Å². The molecule has 0 aromatic carbocycles. The van der Waals surface area contributed by atoms with Crippen molar-refractivity contribution in [2.24, 2.45) is 11.1 Å². The number of pyridine rings is 1. The van der Waals surface area contributed by atoms with Crippen LogP contribution in [0.25, 0.3) is 11.0 Å². The van der Waals surface area contributed by atoms with Gasteiger partial charge >= 0.3 is 5.97 Å². The number of methoxy groups -OCH3 is 1. The highest BCUT2D eigenvalue weighted by Crippen LogP contribution is 2.25. The zero-order valence-corrected chi connectivity index (χ0v) is 11.5. The van der Waals surface area contributed by atoms with Crippen molar-refractivity contribution in [1.29, 1.82) is 0 Å². The van der Waals surface area contributed by atoms with Crippen LogP contribution in [0.4, 0.5) is 0 Å². The van der Waals surface area contributed by atoms with Crippen LogP contribution in [0.2, 0.25) is 0 Å². The van der Waals surface area contributed by atoms with Gasteiger partial charge in [0, 0.05) is 30.9 Å². The molecule has 5 nitrogen and oxygen atoms in total. The van der Waals surface area contributed by atoms with E-state index in [9.17, 15) is 4.79 Å². The minimum absolute atomic E-state index is 0.237. The van der Waals surface area contributed by atoms with Gasteiger partial charge in [0.1, 0.15) is 5.65 Å². The number of carbonyl (C=O) groups excluding carboxylic acids is 1. The fourth-order valence-corrected chi connectivity index (χ4v) is 2.25. The van der Waals surface area contributed by atoms with Gasteiger partial charge < -0.3 is 15.0 Å². The number of rotatable bonds is 4. The van der Waals surface area contributed by atoms with E-state index in [0.717, 1.165) is 16.6 Å². The topological polar surface area (TPSA) is 70.1 Å². The van der Waals surface area contributed by atoms with Gasteiger partial charge in [-0.05, 0) is 31.5 Å². The molecule has 0 spiro atoms. The smallest absolute Gasteiger partial charge is 0.313 e. The molecule has 2 rings (SSSR count). The third-order valence-electron chi connectivity index (χ3n) is 3.24. The van der Waals surface area contributed by atoms with Crippen molar-refractivity contribution in [2.75, 3.05) is 7.11 Å². The number of carbonyl (C=O) groups is 1. The second kappa shape index (κ2) is 5.01. The maximum atomic E-state index is 11.8. The lowest BCUT2D eigenvalue weighted by Gasteiger charge is -2.22. The van der Waals surface area contributed by atoms with Gasteiger partial charge in [-0.3, -0.25) is 4.79 Å². The molecule has 0 amide bonds. The lowest BCUT2D eigenvalue weighted by Crippen LogP contribution is -2.30. The number of nitrogens with two attached hydrogens (primary N) is 1. The molecular formula is C14H19N3O2. The number of ether oxygens (including phenoxy) is 1. The molecule has 19 heavy (non-hydrogen) atoms. The number of nitrogens with zero attached hydrogens (tertiary/aromatic N) is 2. The fraction of sp³-hybridized carbons (Fsp3) is 0.429. The van der Waals surface area contributed by atoms with Crippen molar-refractivity contribution in [3.8, 4) is 0 Å². The van der Waals surface area contributed by atoms with E-state index < -0.39 is 5.41 Å². The second-order valence-electron chi connectivity index (χ2n) is 5.24. The van der Waals surface area contributed by atoms with Gasteiger partial charge in [-0.15, -0.1) is 0 Å². The van der Waals surface area contributed by atoms with Crippen LogP contribution in [-0.2, 0) is 22.6 Å². The van der Waals surface area contributed by atoms with E-state index in [4.69, 9.17) is 10.5 Å². The predicted octanol–water partition coefficient (Wildman–Crippen LogP) is 1.69. The number of hydrogen-bond donors (Lipinski definition) is 1. The zero-order valence-electron chi connectivity index (χ0n) is 11.5. The molecule has 0 aliphatic rings. The summed E-state index contributed by atoms with van der Waals surface area (Å²) in [6.45, 7) is 4.67. The molecule has 2 aromatic heterocycles. The van der Waals surface area contributed by atoms with Crippen molar-refractivity contribution in [3.63, 3.8) is 0 Å². The minimum Gasteiger partial charge on any atom is -0.469 e. The maximum Gasteiger partial charge on any atom is 0.313 e. The zero-order chi connectivity index (χ0) is 14.0. The molecule has 0 radical (unpaired) electrons. The Morgan fingerprint density at radius 2 is 2.26 bits per heavy atom. The molecule has 0 unspecified atom stereocenters. The molecule has 2 N–H and O–H groups in total. The van der Waals surface area contributed by atoms with E-state index in [0.29, 0.717) is 13.1 Å². The predicted molar refractivity (Wildman–Crippen MR) is 73.4 cm³/mol. The van der Waals surface area contributed by atoms with Crippen LogP contribution in [-0.4, -0.2) is 22.6 Å². The molecule has 102 valence electrons. The third-order valence-corrected chi connectivity index (χ3v) is 3.24. The molecule has 0 fully saturated rings. The van der Waals surface area contributed by atoms with E-state index in [1.807, 2.05) is 36.7 Å². The summed E-state index contributed by atoms with van der Waals surface area (Å²) in [5.41, 5.74) is 7.02. The van der Waals surface area contributed by atoms with Gasteiger partial charge in [0.25, 0.3) is 0 Å². The Labute approximate surface area is 112 Å². The molecule has 2 heterocycles. The quantitative estimate of drug-likeness (QED) is 0.850.